The lowest BCUT2D eigenvalue weighted by atomic mass is 9.84. The van der Waals surface area contributed by atoms with Crippen molar-refractivity contribution in [1.29, 1.82) is 0 Å². The number of piperidine rings is 3. The first-order valence-electron chi connectivity index (χ1n) is 9.11. The quantitative estimate of drug-likeness (QED) is 0.747. The predicted molar refractivity (Wildman–Crippen MR) is 102 cm³/mol. The lowest BCUT2D eigenvalue weighted by Gasteiger charge is -2.44. The van der Waals surface area contributed by atoms with Crippen LogP contribution in [-0.4, -0.2) is 51.7 Å². The molecule has 0 unspecified atom stereocenters. The van der Waals surface area contributed by atoms with E-state index in [1.807, 2.05) is 31.3 Å². The molecule has 1 aromatic carbocycles. The van der Waals surface area contributed by atoms with Crippen LogP contribution < -0.4 is 5.32 Å². The number of nitrogens with one attached hydrogen (secondary N) is 2. The van der Waals surface area contributed by atoms with Crippen LogP contribution in [0.3, 0.4) is 0 Å². The fraction of sp³-hybridized carbons (Fsp3) is 0.421. The van der Waals surface area contributed by atoms with Crippen LogP contribution in [-0.2, 0) is 0 Å². The van der Waals surface area contributed by atoms with Gasteiger partial charge < -0.3 is 10.2 Å². The summed E-state index contributed by atoms with van der Waals surface area (Å²) in [5.74, 6) is 0.529. The summed E-state index contributed by atoms with van der Waals surface area (Å²) in [6, 6.07) is 6.25. The highest BCUT2D eigenvalue weighted by molar-refractivity contribution is 7.14. The van der Waals surface area contributed by atoms with Crippen LogP contribution >= 0.6 is 11.3 Å². The van der Waals surface area contributed by atoms with Crippen LogP contribution in [0.15, 0.2) is 24.4 Å². The van der Waals surface area contributed by atoms with Crippen molar-refractivity contribution in [2.75, 3.05) is 19.6 Å². The van der Waals surface area contributed by atoms with Crippen molar-refractivity contribution in [2.45, 2.75) is 25.8 Å². The second-order valence-corrected chi connectivity index (χ2v) is 8.56. The largest absolute Gasteiger partial charge is 0.346 e. The van der Waals surface area contributed by atoms with Crippen LogP contribution in [0, 0.1) is 12.8 Å². The third kappa shape index (κ3) is 2.71. The van der Waals surface area contributed by atoms with Gasteiger partial charge in [0.15, 0.2) is 5.69 Å². The number of benzene rings is 1. The maximum Gasteiger partial charge on any atom is 0.272 e. The second kappa shape index (κ2) is 6.17. The average Bonchev–Trinajstić information content (AvgIpc) is 3.28. The van der Waals surface area contributed by atoms with Gasteiger partial charge in [0.2, 0.25) is 0 Å². The Morgan fingerprint density at radius 1 is 1.35 bits per heavy atom. The molecule has 3 aliphatic rings. The molecule has 1 atom stereocenters. The average molecular weight is 367 g/mol. The van der Waals surface area contributed by atoms with Crippen molar-refractivity contribution in [3.05, 3.63) is 35.0 Å². The molecule has 3 aliphatic heterocycles. The number of carbonyl (C=O) groups is 1. The van der Waals surface area contributed by atoms with Gasteiger partial charge in [-0.1, -0.05) is 6.07 Å². The topological polar surface area (TPSA) is 73.9 Å². The lowest BCUT2D eigenvalue weighted by Crippen LogP contribution is -2.57. The van der Waals surface area contributed by atoms with E-state index in [0.717, 1.165) is 28.0 Å². The van der Waals surface area contributed by atoms with Gasteiger partial charge in [0.25, 0.3) is 5.91 Å². The minimum Gasteiger partial charge on any atom is -0.346 e. The molecular weight excluding hydrogens is 346 g/mol. The summed E-state index contributed by atoms with van der Waals surface area (Å²) in [5, 5.41) is 12.4. The van der Waals surface area contributed by atoms with Gasteiger partial charge in [-0.3, -0.25) is 9.89 Å². The van der Waals surface area contributed by atoms with Crippen molar-refractivity contribution in [1.82, 2.24) is 25.4 Å². The van der Waals surface area contributed by atoms with Gasteiger partial charge in [-0.15, -0.1) is 11.3 Å². The Morgan fingerprint density at radius 2 is 2.19 bits per heavy atom. The van der Waals surface area contributed by atoms with Gasteiger partial charge in [-0.05, 0) is 50.9 Å². The molecule has 0 saturated carbocycles. The van der Waals surface area contributed by atoms with Gasteiger partial charge in [0.05, 0.1) is 5.52 Å². The zero-order valence-corrected chi connectivity index (χ0v) is 15.5. The molecule has 134 valence electrons. The fourth-order valence-corrected chi connectivity index (χ4v) is 4.94. The number of fused-ring (bicyclic) bond motifs is 4. The van der Waals surface area contributed by atoms with E-state index < -0.39 is 0 Å². The summed E-state index contributed by atoms with van der Waals surface area (Å²) < 4.78 is 0. The molecule has 0 spiro atoms. The molecule has 6 rings (SSSR count). The Morgan fingerprint density at radius 3 is 2.88 bits per heavy atom. The summed E-state index contributed by atoms with van der Waals surface area (Å²) in [6.07, 6.45) is 4.25. The van der Waals surface area contributed by atoms with Crippen molar-refractivity contribution < 1.29 is 4.79 Å². The number of aromatic nitrogens is 3. The fourth-order valence-electron chi connectivity index (χ4n) is 4.18. The van der Waals surface area contributed by atoms with Crippen LogP contribution in [0.4, 0.5) is 0 Å². The number of amides is 1. The van der Waals surface area contributed by atoms with Crippen molar-refractivity contribution in [2.24, 2.45) is 5.92 Å². The van der Waals surface area contributed by atoms with Crippen molar-refractivity contribution in [3.63, 3.8) is 0 Å². The molecule has 7 heteroatoms. The van der Waals surface area contributed by atoms with Crippen LogP contribution in [0.25, 0.3) is 21.5 Å². The first kappa shape index (κ1) is 16.0. The highest BCUT2D eigenvalue weighted by Gasteiger charge is 2.35. The maximum absolute atomic E-state index is 12.8. The normalized spacial score (nSPS) is 24.9. The van der Waals surface area contributed by atoms with Gasteiger partial charge in [0, 0.05) is 34.6 Å². The maximum atomic E-state index is 12.8. The van der Waals surface area contributed by atoms with E-state index in [9.17, 15) is 4.79 Å². The molecule has 6 nitrogen and oxygen atoms in total. The van der Waals surface area contributed by atoms with E-state index in [2.05, 4.69) is 25.4 Å². The predicted octanol–water partition coefficient (Wildman–Crippen LogP) is 2.82. The molecule has 26 heavy (non-hydrogen) atoms. The van der Waals surface area contributed by atoms with Crippen LogP contribution in [0.1, 0.15) is 28.2 Å². The van der Waals surface area contributed by atoms with E-state index in [4.69, 9.17) is 0 Å². The summed E-state index contributed by atoms with van der Waals surface area (Å²) >= 11 is 1.66. The molecule has 5 heterocycles. The highest BCUT2D eigenvalue weighted by atomic mass is 32.1. The van der Waals surface area contributed by atoms with Gasteiger partial charge in [-0.25, -0.2) is 4.98 Å². The van der Waals surface area contributed by atoms with E-state index in [1.54, 1.807) is 11.3 Å². The molecule has 2 bridgehead atoms. The number of carbonyl (C=O) groups excluding carboxylic acids is 1. The standard InChI is InChI=1S/C19H21N5OS/c1-11-9-20-19(26-11)13-2-3-14-15(8-13)22-23-17(14)18(25)21-16-10-24-6-4-12(16)5-7-24/h2-3,8-9,12,16H,4-7,10H2,1H3,(H,21,25)(H,22,23)/t16-/m1/s1. The number of thiazole rings is 1. The second-order valence-electron chi connectivity index (χ2n) is 7.33. The summed E-state index contributed by atoms with van der Waals surface area (Å²) in [5.41, 5.74) is 2.40. The number of hydrogen-bond donors (Lipinski definition) is 2. The SMILES string of the molecule is Cc1cnc(-c2ccc3c(C(=O)N[C@@H]4CN5CCC4CC5)n[nH]c3c2)s1. The highest BCUT2D eigenvalue weighted by Crippen LogP contribution is 2.30. The molecule has 3 saturated heterocycles. The minimum absolute atomic E-state index is 0.0761. The number of aromatic amines is 1. The van der Waals surface area contributed by atoms with E-state index >= 15 is 0 Å². The van der Waals surface area contributed by atoms with Crippen molar-refractivity contribution in [3.8, 4) is 10.6 Å². The molecule has 2 aromatic heterocycles. The third-order valence-electron chi connectivity index (χ3n) is 5.62. The molecule has 3 aromatic rings. The molecular formula is C19H21N5OS. The number of rotatable bonds is 3. The van der Waals surface area contributed by atoms with Crippen LogP contribution in [0.5, 0.6) is 0 Å². The number of H-pyrrole nitrogens is 1. The van der Waals surface area contributed by atoms with E-state index in [1.165, 1.54) is 30.8 Å². The Labute approximate surface area is 155 Å². The number of hydrogen-bond acceptors (Lipinski definition) is 5. The molecule has 1 amide bonds. The third-order valence-corrected chi connectivity index (χ3v) is 6.58. The zero-order valence-electron chi connectivity index (χ0n) is 14.7. The smallest absolute Gasteiger partial charge is 0.272 e. The Hall–Kier alpha value is -2.25. The summed E-state index contributed by atoms with van der Waals surface area (Å²) in [7, 11) is 0. The number of aryl methyl sites for hydroxylation is 1. The van der Waals surface area contributed by atoms with Gasteiger partial charge in [-0.2, -0.15) is 5.10 Å². The first-order chi connectivity index (χ1) is 12.7. The summed E-state index contributed by atoms with van der Waals surface area (Å²) in [6.45, 7) is 5.35. The van der Waals surface area contributed by atoms with Crippen LogP contribution in [0.2, 0.25) is 0 Å². The Balaban J connectivity index is 1.39. The lowest BCUT2D eigenvalue weighted by molar-refractivity contribution is 0.0618. The van der Waals surface area contributed by atoms with E-state index in [-0.39, 0.29) is 11.9 Å². The minimum atomic E-state index is -0.0761. The van der Waals surface area contributed by atoms with Crippen molar-refractivity contribution >= 4 is 28.1 Å². The van der Waals surface area contributed by atoms with Gasteiger partial charge >= 0.3 is 0 Å². The molecule has 0 aliphatic carbocycles. The Kier molecular flexibility index (Phi) is 3.79. The molecule has 0 radical (unpaired) electrons. The molecule has 2 N–H and O–H groups in total. The monoisotopic (exact) mass is 367 g/mol. The molecule has 3 fully saturated rings. The Bertz CT molecular complexity index is 969. The van der Waals surface area contributed by atoms with E-state index in [0.29, 0.717) is 11.6 Å². The number of nitrogens with zero attached hydrogens (tertiary/aromatic N) is 3. The first-order valence-corrected chi connectivity index (χ1v) is 9.93. The van der Waals surface area contributed by atoms with Gasteiger partial charge in [0.1, 0.15) is 5.01 Å². The zero-order chi connectivity index (χ0) is 17.7. The summed E-state index contributed by atoms with van der Waals surface area (Å²) in [4.78, 5) is 20.9.